The number of aromatic nitrogens is 4. The molecule has 4 fully saturated rings. The SMILES string of the molecule is COc1ncc(B(O)O)cc1Cl.Cc1ncc(-c2ccc(Cn3ccc4c(F)ccc(C(=O)CC5CC6(C5)CC(C(=O)O)C6)c43)cc2)cc1Cl.O=C(CC1CC2(C1)CC(C(=O)O)C2)c1ccc(F)c2ccn(Cc3ccc(Br)cc3)c12. The molecule has 4 aromatic heterocycles. The van der Waals surface area contributed by atoms with Crippen molar-refractivity contribution in [2.45, 2.75) is 84.2 Å². The van der Waals surface area contributed by atoms with Gasteiger partial charge in [-0.2, -0.15) is 0 Å². The molecule has 0 unspecified atom stereocenters. The average Bonchev–Trinajstić information content (AvgIpc) is 4.04. The number of pyridine rings is 2. The third-order valence-corrected chi connectivity index (χ3v) is 18.0. The fourth-order valence-corrected chi connectivity index (χ4v) is 13.5. The maximum absolute atomic E-state index is 14.7. The molecule has 4 N–H and O–H groups in total. The lowest BCUT2D eigenvalue weighted by Crippen LogP contribution is -2.50. The number of carbonyl (C=O) groups is 4. The van der Waals surface area contributed by atoms with E-state index in [0.29, 0.717) is 63.9 Å². The van der Waals surface area contributed by atoms with E-state index in [0.717, 1.165) is 83.8 Å². The summed E-state index contributed by atoms with van der Waals surface area (Å²) in [6.45, 7) is 2.93. The zero-order valence-corrected chi connectivity index (χ0v) is 47.5. The average molecular weight is 1200 g/mol. The Labute approximate surface area is 485 Å². The van der Waals surface area contributed by atoms with Gasteiger partial charge < -0.3 is 34.1 Å². The molecular weight excluding hydrogens is 1140 g/mol. The molecule has 13 nitrogen and oxygen atoms in total. The summed E-state index contributed by atoms with van der Waals surface area (Å²) < 4.78 is 38.8. The van der Waals surface area contributed by atoms with E-state index in [2.05, 4.69) is 25.9 Å². The first-order chi connectivity index (χ1) is 38.7. The van der Waals surface area contributed by atoms with Crippen molar-refractivity contribution >= 4 is 97.0 Å². The Bertz CT molecular complexity index is 3700. The lowest BCUT2D eigenvalue weighted by Gasteiger charge is -2.56. The molecule has 0 amide bonds. The molecule has 4 aliphatic rings. The van der Waals surface area contributed by atoms with Crippen molar-refractivity contribution in [2.75, 3.05) is 7.11 Å². The fourth-order valence-electron chi connectivity index (χ4n) is 12.8. The number of halogens is 5. The summed E-state index contributed by atoms with van der Waals surface area (Å²) >= 11 is 15.3. The number of ether oxygens (including phenoxy) is 1. The topological polar surface area (TPSA) is 194 Å². The van der Waals surface area contributed by atoms with E-state index in [1.807, 2.05) is 83.0 Å². The summed E-state index contributed by atoms with van der Waals surface area (Å²) in [4.78, 5) is 56.9. The zero-order valence-electron chi connectivity index (χ0n) is 44.4. The summed E-state index contributed by atoms with van der Waals surface area (Å²) in [7, 11) is -0.121. The highest BCUT2D eigenvalue weighted by Crippen LogP contribution is 2.63. The monoisotopic (exact) mass is 1200 g/mol. The van der Waals surface area contributed by atoms with Crippen molar-refractivity contribution < 1.29 is 53.0 Å². The van der Waals surface area contributed by atoms with Crippen molar-refractivity contribution in [1.82, 2.24) is 19.1 Å². The maximum Gasteiger partial charge on any atom is 0.490 e. The molecular formula is C62H58BBrCl2F2N4O9. The Morgan fingerprint density at radius 1 is 0.642 bits per heavy atom. The van der Waals surface area contributed by atoms with Gasteiger partial charge in [0.05, 0.1) is 40.7 Å². The van der Waals surface area contributed by atoms with Crippen LogP contribution in [0.15, 0.2) is 126 Å². The zero-order chi connectivity index (χ0) is 57.5. The van der Waals surface area contributed by atoms with Gasteiger partial charge in [-0.15, -0.1) is 0 Å². The molecule has 19 heteroatoms. The van der Waals surface area contributed by atoms with Crippen molar-refractivity contribution in [3.05, 3.63) is 176 Å². The summed E-state index contributed by atoms with van der Waals surface area (Å²) in [5, 5.41) is 37.5. The van der Waals surface area contributed by atoms with E-state index in [4.69, 9.17) is 48.2 Å². The Balaban J connectivity index is 0.000000153. The summed E-state index contributed by atoms with van der Waals surface area (Å²) in [5.74, 6) is -1.65. The second-order valence-electron chi connectivity index (χ2n) is 22.5. The molecule has 0 aliphatic heterocycles. The number of hydrogen-bond donors (Lipinski definition) is 4. The number of aryl methyl sites for hydroxylation is 1. The third kappa shape index (κ3) is 12.4. The predicted octanol–water partition coefficient (Wildman–Crippen LogP) is 12.8. The minimum absolute atomic E-state index is 0.0167. The van der Waals surface area contributed by atoms with Crippen LogP contribution >= 0.6 is 39.1 Å². The van der Waals surface area contributed by atoms with Gasteiger partial charge >= 0.3 is 19.1 Å². The summed E-state index contributed by atoms with van der Waals surface area (Å²) in [5.41, 5.74) is 7.71. The molecule has 4 aliphatic carbocycles. The number of ketones is 2. The number of fused-ring (bicyclic) bond motifs is 2. The highest BCUT2D eigenvalue weighted by atomic mass is 79.9. The minimum Gasteiger partial charge on any atom is -0.481 e. The maximum atomic E-state index is 14.7. The Hall–Kier alpha value is -6.76. The van der Waals surface area contributed by atoms with Crippen molar-refractivity contribution in [3.63, 3.8) is 0 Å². The summed E-state index contributed by atoms with van der Waals surface area (Å²) in [6, 6.07) is 28.7. The number of carboxylic acid groups (broad SMARTS) is 2. The largest absolute Gasteiger partial charge is 0.490 e. The number of carboxylic acids is 2. The molecule has 0 saturated heterocycles. The van der Waals surface area contributed by atoms with Gasteiger partial charge in [-0.25, -0.2) is 13.8 Å². The van der Waals surface area contributed by atoms with Crippen molar-refractivity contribution in [1.29, 1.82) is 0 Å². The minimum atomic E-state index is -1.55. The molecule has 0 atom stereocenters. The van der Waals surface area contributed by atoms with Crippen molar-refractivity contribution in [2.24, 2.45) is 34.5 Å². The van der Waals surface area contributed by atoms with Gasteiger partial charge in [0.2, 0.25) is 5.88 Å². The van der Waals surface area contributed by atoms with E-state index in [1.54, 1.807) is 30.5 Å². The molecule has 4 aromatic carbocycles. The van der Waals surface area contributed by atoms with Crippen LogP contribution in [-0.2, 0) is 22.7 Å². The number of aliphatic carboxylic acids is 2. The van der Waals surface area contributed by atoms with Crippen LogP contribution in [0.3, 0.4) is 0 Å². The molecule has 8 aromatic rings. The molecule has 0 radical (unpaired) electrons. The van der Waals surface area contributed by atoms with Gasteiger partial charge in [-0.3, -0.25) is 24.2 Å². The quantitative estimate of drug-likeness (QED) is 0.0563. The molecule has 2 spiro atoms. The lowest BCUT2D eigenvalue weighted by atomic mass is 9.47. The van der Waals surface area contributed by atoms with Crippen LogP contribution in [0.25, 0.3) is 32.9 Å². The molecule has 0 bridgehead atoms. The van der Waals surface area contributed by atoms with Crippen LogP contribution in [0.5, 0.6) is 5.88 Å². The molecule has 81 heavy (non-hydrogen) atoms. The first-order valence-corrected chi connectivity index (χ1v) is 28.3. The van der Waals surface area contributed by atoms with Gasteiger partial charge in [-0.1, -0.05) is 75.5 Å². The van der Waals surface area contributed by atoms with Gasteiger partial charge in [0.15, 0.2) is 11.6 Å². The van der Waals surface area contributed by atoms with E-state index in [9.17, 15) is 28.0 Å². The molecule has 4 heterocycles. The van der Waals surface area contributed by atoms with Gasteiger partial charge in [0, 0.05) is 88.1 Å². The van der Waals surface area contributed by atoms with E-state index in [1.165, 1.54) is 31.5 Å². The van der Waals surface area contributed by atoms with Crippen molar-refractivity contribution in [3.8, 4) is 17.0 Å². The van der Waals surface area contributed by atoms with Crippen LogP contribution in [0.1, 0.15) is 102 Å². The number of rotatable bonds is 15. The first-order valence-electron chi connectivity index (χ1n) is 26.8. The van der Waals surface area contributed by atoms with Gasteiger partial charge in [0.25, 0.3) is 0 Å². The number of carbonyl (C=O) groups excluding carboxylic acids is 2. The second-order valence-corrected chi connectivity index (χ2v) is 24.3. The fraction of sp³-hybridized carbons (Fsp3) is 0.323. The van der Waals surface area contributed by atoms with E-state index >= 15 is 0 Å². The Kier molecular flexibility index (Phi) is 16.8. The predicted molar refractivity (Wildman–Crippen MR) is 310 cm³/mol. The number of nitrogens with zero attached hydrogens (tertiary/aromatic N) is 4. The highest BCUT2D eigenvalue weighted by molar-refractivity contribution is 9.10. The van der Waals surface area contributed by atoms with Gasteiger partial charge in [0.1, 0.15) is 16.7 Å². The number of Topliss-reactive ketones (excluding diaryl/α,β-unsaturated/α-hetero) is 2. The van der Waals surface area contributed by atoms with Gasteiger partial charge in [-0.05, 0) is 158 Å². The summed E-state index contributed by atoms with van der Waals surface area (Å²) in [6.07, 6.45) is 14.2. The number of hydrogen-bond acceptors (Lipinski definition) is 9. The molecule has 4 saturated carbocycles. The van der Waals surface area contributed by atoms with Crippen LogP contribution in [-0.4, -0.2) is 77.1 Å². The molecule has 418 valence electrons. The normalized spacial score (nSPS) is 21.3. The van der Waals surface area contributed by atoms with Crippen LogP contribution in [0, 0.1) is 53.1 Å². The molecule has 12 rings (SSSR count). The second kappa shape index (κ2) is 23.6. The smallest absolute Gasteiger partial charge is 0.481 e. The Morgan fingerprint density at radius 3 is 1.53 bits per heavy atom. The third-order valence-electron chi connectivity index (χ3n) is 16.8. The highest BCUT2D eigenvalue weighted by Gasteiger charge is 2.56. The van der Waals surface area contributed by atoms with Crippen LogP contribution in [0.4, 0.5) is 8.78 Å². The Morgan fingerprint density at radius 2 is 1.11 bits per heavy atom. The van der Waals surface area contributed by atoms with Crippen LogP contribution in [0.2, 0.25) is 10.0 Å². The van der Waals surface area contributed by atoms with E-state index in [-0.39, 0.29) is 74.1 Å². The van der Waals surface area contributed by atoms with Crippen LogP contribution < -0.4 is 10.2 Å². The number of benzene rings is 4. The standard InChI is InChI=1S/C31H28ClFN2O3.C25H23BrFNO3.C6H7BClNO3/c1-18-26(32)11-22(16-34-18)21-4-2-19(3-5-21)17-35-9-8-24-27(33)7-6-25(29(24)35)28(36)10-20-12-31(13-20)14-23(15-31)30(37)38;26-18-3-1-15(2-4-18)14-28-8-7-19-21(27)6-5-20(23(19)28)22(29)9-16-10-25(11-16)12-17(13-25)24(30)31;1-12-6-5(8)2-4(3-9-6)7(10)11/h2-9,11,16,20,23H,10,12-15,17H2,1H3,(H,37,38);1-8,16-17H,9-14H2,(H,30,31);2-3,10-11H,1H3. The first kappa shape index (κ1) is 57.5. The lowest BCUT2D eigenvalue weighted by molar-refractivity contribution is -0.158. The van der Waals surface area contributed by atoms with E-state index < -0.39 is 19.1 Å². The number of methoxy groups -OCH3 is 1.